The van der Waals surface area contributed by atoms with Crippen LogP contribution in [0.15, 0.2) is 86.8 Å². The van der Waals surface area contributed by atoms with Gasteiger partial charge >= 0.3 is 0 Å². The first-order valence-corrected chi connectivity index (χ1v) is 13.2. The number of imide groups is 1. The van der Waals surface area contributed by atoms with Crippen molar-refractivity contribution < 1.29 is 9.59 Å². The lowest BCUT2D eigenvalue weighted by Crippen LogP contribution is -2.27. The maximum Gasteiger partial charge on any atom is 0.293 e. The highest BCUT2D eigenvalue weighted by Gasteiger charge is 2.35. The van der Waals surface area contributed by atoms with Crippen molar-refractivity contribution in [1.29, 1.82) is 0 Å². The van der Waals surface area contributed by atoms with Crippen LogP contribution in [0.4, 0.5) is 4.79 Å². The number of carbonyl (C=O) groups excluding carboxylic acids is 2. The average Bonchev–Trinajstić information content (AvgIpc) is 3.28. The number of aromatic nitrogens is 1. The lowest BCUT2D eigenvalue weighted by atomic mass is 10.1. The van der Waals surface area contributed by atoms with E-state index in [0.717, 1.165) is 48.3 Å². The van der Waals surface area contributed by atoms with Crippen LogP contribution in [0.25, 0.3) is 17.0 Å². The molecule has 5 rings (SSSR count). The quantitative estimate of drug-likeness (QED) is 0.213. The Bertz CT molecular complexity index is 1450. The van der Waals surface area contributed by atoms with E-state index in [1.165, 1.54) is 4.90 Å². The topological polar surface area (TPSA) is 42.3 Å². The lowest BCUT2D eigenvalue weighted by Gasteiger charge is -2.12. The van der Waals surface area contributed by atoms with Crippen molar-refractivity contribution in [2.45, 2.75) is 13.1 Å². The smallest absolute Gasteiger partial charge is 0.293 e. The summed E-state index contributed by atoms with van der Waals surface area (Å²) >= 11 is 14.0. The van der Waals surface area contributed by atoms with Gasteiger partial charge in [0.1, 0.15) is 0 Å². The molecule has 1 aromatic heterocycles. The molecule has 0 atom stereocenters. The molecule has 0 radical (unpaired) electrons. The Morgan fingerprint density at radius 1 is 0.853 bits per heavy atom. The molecule has 2 amide bonds. The SMILES string of the molecule is O=C1S/C(=C\c2cn(Cc3ccc(Cl)cc3)c3ccc(Br)cc23)C(=O)N1Cc1ccc(Br)cc1. The van der Waals surface area contributed by atoms with Crippen molar-refractivity contribution in [3.63, 3.8) is 0 Å². The molecule has 0 saturated carbocycles. The number of rotatable bonds is 5. The number of halogens is 3. The first kappa shape index (κ1) is 23.4. The van der Waals surface area contributed by atoms with Gasteiger partial charge in [-0.3, -0.25) is 14.5 Å². The van der Waals surface area contributed by atoms with Crippen molar-refractivity contribution >= 4 is 83.3 Å². The third-order valence-electron chi connectivity index (χ3n) is 5.55. The number of fused-ring (bicyclic) bond motifs is 1. The minimum atomic E-state index is -0.272. The average molecular weight is 617 g/mol. The summed E-state index contributed by atoms with van der Waals surface area (Å²) in [6.07, 6.45) is 3.84. The van der Waals surface area contributed by atoms with Crippen LogP contribution in [0, 0.1) is 0 Å². The van der Waals surface area contributed by atoms with Crippen LogP contribution in [0.1, 0.15) is 16.7 Å². The Labute approximate surface area is 222 Å². The zero-order valence-corrected chi connectivity index (χ0v) is 22.4. The van der Waals surface area contributed by atoms with Gasteiger partial charge in [-0.1, -0.05) is 67.7 Å². The summed E-state index contributed by atoms with van der Waals surface area (Å²) in [6, 6.07) is 21.4. The van der Waals surface area contributed by atoms with E-state index in [2.05, 4.69) is 36.4 Å². The van der Waals surface area contributed by atoms with Crippen molar-refractivity contribution in [3.8, 4) is 0 Å². The number of thioether (sulfide) groups is 1. The van der Waals surface area contributed by atoms with Gasteiger partial charge in [-0.2, -0.15) is 0 Å². The molecule has 1 fully saturated rings. The summed E-state index contributed by atoms with van der Waals surface area (Å²) in [4.78, 5) is 27.5. The Morgan fingerprint density at radius 2 is 1.50 bits per heavy atom. The van der Waals surface area contributed by atoms with Crippen LogP contribution in [-0.4, -0.2) is 20.6 Å². The molecule has 170 valence electrons. The Balaban J connectivity index is 1.47. The van der Waals surface area contributed by atoms with E-state index in [4.69, 9.17) is 11.6 Å². The van der Waals surface area contributed by atoms with Gasteiger partial charge in [0.05, 0.1) is 11.4 Å². The number of nitrogens with zero attached hydrogens (tertiary/aromatic N) is 2. The number of benzene rings is 3. The van der Waals surface area contributed by atoms with Crippen LogP contribution >= 0.6 is 55.2 Å². The molecule has 2 heterocycles. The minimum absolute atomic E-state index is 0.249. The summed E-state index contributed by atoms with van der Waals surface area (Å²) in [5, 5.41) is 1.44. The summed E-state index contributed by atoms with van der Waals surface area (Å²) in [5.41, 5.74) is 3.94. The molecule has 1 aliphatic heterocycles. The fourth-order valence-electron chi connectivity index (χ4n) is 3.88. The van der Waals surface area contributed by atoms with Crippen LogP contribution in [0.3, 0.4) is 0 Å². The van der Waals surface area contributed by atoms with E-state index < -0.39 is 0 Å². The molecular formula is C26H17Br2ClN2O2S. The highest BCUT2D eigenvalue weighted by molar-refractivity contribution is 9.10. The molecule has 1 aliphatic rings. The monoisotopic (exact) mass is 614 g/mol. The maximum atomic E-state index is 13.1. The van der Waals surface area contributed by atoms with Gasteiger partial charge in [0.15, 0.2) is 0 Å². The first-order valence-electron chi connectivity index (χ1n) is 10.4. The Morgan fingerprint density at radius 3 is 2.24 bits per heavy atom. The molecule has 3 aromatic carbocycles. The molecule has 0 N–H and O–H groups in total. The van der Waals surface area contributed by atoms with Crippen molar-refractivity contribution in [1.82, 2.24) is 9.47 Å². The zero-order valence-electron chi connectivity index (χ0n) is 17.7. The van der Waals surface area contributed by atoms with Gasteiger partial charge < -0.3 is 4.57 Å². The van der Waals surface area contributed by atoms with E-state index in [-0.39, 0.29) is 17.7 Å². The molecule has 0 spiro atoms. The van der Waals surface area contributed by atoms with Gasteiger partial charge in [0.25, 0.3) is 11.1 Å². The van der Waals surface area contributed by atoms with Crippen LogP contribution in [-0.2, 0) is 17.9 Å². The number of hydrogen-bond donors (Lipinski definition) is 0. The Hall–Kier alpha value is -2.32. The highest BCUT2D eigenvalue weighted by atomic mass is 79.9. The fraction of sp³-hybridized carbons (Fsp3) is 0.0769. The molecule has 8 heteroatoms. The van der Waals surface area contributed by atoms with Gasteiger partial charge in [0, 0.05) is 43.2 Å². The molecule has 1 saturated heterocycles. The van der Waals surface area contributed by atoms with Crippen molar-refractivity contribution in [3.05, 3.63) is 108 Å². The van der Waals surface area contributed by atoms with Gasteiger partial charge in [0.2, 0.25) is 0 Å². The molecule has 0 unspecified atom stereocenters. The van der Waals surface area contributed by atoms with Crippen molar-refractivity contribution in [2.75, 3.05) is 0 Å². The zero-order chi connectivity index (χ0) is 23.8. The second kappa shape index (κ2) is 9.74. The molecular weight excluding hydrogens is 600 g/mol. The van der Waals surface area contributed by atoms with Gasteiger partial charge in [-0.25, -0.2) is 0 Å². The first-order chi connectivity index (χ1) is 16.4. The predicted octanol–water partition coefficient (Wildman–Crippen LogP) is 8.10. The third-order valence-corrected chi connectivity index (χ3v) is 7.74. The van der Waals surface area contributed by atoms with Crippen LogP contribution < -0.4 is 0 Å². The minimum Gasteiger partial charge on any atom is -0.342 e. The summed E-state index contributed by atoms with van der Waals surface area (Å²) < 4.78 is 4.04. The molecule has 0 aliphatic carbocycles. The largest absolute Gasteiger partial charge is 0.342 e. The number of hydrogen-bond acceptors (Lipinski definition) is 3. The molecule has 0 bridgehead atoms. The summed E-state index contributed by atoms with van der Waals surface area (Å²) in [6.45, 7) is 0.910. The predicted molar refractivity (Wildman–Crippen MR) is 146 cm³/mol. The van der Waals surface area contributed by atoms with Gasteiger partial charge in [-0.15, -0.1) is 0 Å². The van der Waals surface area contributed by atoms with E-state index in [1.54, 1.807) is 0 Å². The van der Waals surface area contributed by atoms with E-state index in [9.17, 15) is 9.59 Å². The van der Waals surface area contributed by atoms with E-state index in [1.807, 2.05) is 79.0 Å². The standard InChI is InChI=1S/C26H17Br2ClN2O2S/c27-19-5-1-17(2-6-19)14-31-25(32)24(34-26(31)33)11-18-15-30(13-16-3-8-21(29)9-4-16)23-10-7-20(28)12-22(18)23/h1-12,15H,13-14H2/b24-11-. The highest BCUT2D eigenvalue weighted by Crippen LogP contribution is 2.36. The number of amides is 2. The van der Waals surface area contributed by atoms with Gasteiger partial charge in [-0.05, 0) is 71.4 Å². The normalized spacial score (nSPS) is 15.1. The lowest BCUT2D eigenvalue weighted by molar-refractivity contribution is -0.123. The van der Waals surface area contributed by atoms with Crippen LogP contribution in [0.2, 0.25) is 5.02 Å². The van der Waals surface area contributed by atoms with Crippen molar-refractivity contribution in [2.24, 2.45) is 0 Å². The second-order valence-corrected chi connectivity index (χ2v) is 11.2. The van der Waals surface area contributed by atoms with E-state index in [0.29, 0.717) is 16.5 Å². The maximum absolute atomic E-state index is 13.1. The Kier molecular flexibility index (Phi) is 6.71. The summed E-state index contributed by atoms with van der Waals surface area (Å²) in [5.74, 6) is -0.272. The molecule has 4 nitrogen and oxygen atoms in total. The van der Waals surface area contributed by atoms with Crippen LogP contribution in [0.5, 0.6) is 0 Å². The third kappa shape index (κ3) is 4.89. The number of carbonyl (C=O) groups is 2. The summed E-state index contributed by atoms with van der Waals surface area (Å²) in [7, 11) is 0. The molecule has 34 heavy (non-hydrogen) atoms. The fourth-order valence-corrected chi connectivity index (χ4v) is 5.46. The van der Waals surface area contributed by atoms with E-state index >= 15 is 0 Å². The second-order valence-electron chi connectivity index (χ2n) is 7.89. The molecule has 4 aromatic rings.